The van der Waals surface area contributed by atoms with Crippen molar-refractivity contribution in [3.05, 3.63) is 52.4 Å². The van der Waals surface area contributed by atoms with E-state index in [4.69, 9.17) is 9.47 Å². The lowest BCUT2D eigenvalue weighted by Crippen LogP contribution is -2.48. The van der Waals surface area contributed by atoms with Crippen LogP contribution in [0.15, 0.2) is 47.5 Å². The molecule has 1 saturated heterocycles. The van der Waals surface area contributed by atoms with Gasteiger partial charge in [0, 0.05) is 37.6 Å². The fourth-order valence-corrected chi connectivity index (χ4v) is 4.73. The van der Waals surface area contributed by atoms with E-state index < -0.39 is 0 Å². The van der Waals surface area contributed by atoms with E-state index in [-0.39, 0.29) is 31.6 Å². The molecule has 2 aliphatic heterocycles. The van der Waals surface area contributed by atoms with Crippen molar-refractivity contribution in [3.8, 4) is 11.5 Å². The highest BCUT2D eigenvalue weighted by Gasteiger charge is 2.42. The SMILES string of the molecule is COc1ccc(OCCN2C(=O)C(c3cccs3)=C(N3CCN(CCO)CC3)C2=O)cc1. The molecule has 32 heavy (non-hydrogen) atoms. The summed E-state index contributed by atoms with van der Waals surface area (Å²) in [5.74, 6) is 0.836. The number of aliphatic hydroxyl groups is 1. The van der Waals surface area contributed by atoms with Crippen LogP contribution in [-0.2, 0) is 9.59 Å². The van der Waals surface area contributed by atoms with E-state index in [0.717, 1.165) is 23.7 Å². The number of benzene rings is 1. The Labute approximate surface area is 191 Å². The van der Waals surface area contributed by atoms with Gasteiger partial charge in [-0.2, -0.15) is 0 Å². The summed E-state index contributed by atoms with van der Waals surface area (Å²) >= 11 is 1.46. The summed E-state index contributed by atoms with van der Waals surface area (Å²) in [6, 6.07) is 10.9. The highest BCUT2D eigenvalue weighted by atomic mass is 32.1. The summed E-state index contributed by atoms with van der Waals surface area (Å²) in [5, 5.41) is 11.1. The fraction of sp³-hybridized carbons (Fsp3) is 0.391. The van der Waals surface area contributed by atoms with Crippen LogP contribution in [0.1, 0.15) is 4.88 Å². The highest BCUT2D eigenvalue weighted by molar-refractivity contribution is 7.11. The van der Waals surface area contributed by atoms with Crippen LogP contribution < -0.4 is 9.47 Å². The summed E-state index contributed by atoms with van der Waals surface area (Å²) in [4.78, 5) is 32.9. The summed E-state index contributed by atoms with van der Waals surface area (Å²) in [7, 11) is 1.60. The number of β-amino-alcohol motifs (C(OH)–C–C–N with tert-alkyl or cyclic N) is 1. The molecule has 0 unspecified atom stereocenters. The molecule has 1 aromatic carbocycles. The molecule has 0 atom stereocenters. The Hall–Kier alpha value is -2.88. The van der Waals surface area contributed by atoms with E-state index >= 15 is 0 Å². The zero-order valence-corrected chi connectivity index (χ0v) is 18.8. The largest absolute Gasteiger partial charge is 0.497 e. The van der Waals surface area contributed by atoms with Crippen molar-refractivity contribution in [2.45, 2.75) is 0 Å². The van der Waals surface area contributed by atoms with Crippen molar-refractivity contribution in [3.63, 3.8) is 0 Å². The monoisotopic (exact) mass is 457 g/mol. The van der Waals surface area contributed by atoms with Gasteiger partial charge in [0.05, 0.1) is 25.8 Å². The number of imide groups is 1. The lowest BCUT2D eigenvalue weighted by molar-refractivity contribution is -0.138. The molecule has 2 aliphatic rings. The minimum Gasteiger partial charge on any atom is -0.497 e. The molecule has 0 bridgehead atoms. The Morgan fingerprint density at radius 2 is 1.69 bits per heavy atom. The van der Waals surface area contributed by atoms with E-state index in [2.05, 4.69) is 4.90 Å². The standard InChI is InChI=1S/C23H27N3O5S/c1-30-17-4-6-18(7-5-17)31-15-13-26-22(28)20(19-3-2-16-32-19)21(23(26)29)25-10-8-24(9-11-25)12-14-27/h2-7,16,27H,8-15H2,1H3. The number of carbonyl (C=O) groups excluding carboxylic acids is 2. The quantitative estimate of drug-likeness (QED) is 0.572. The Balaban J connectivity index is 1.47. The minimum atomic E-state index is -0.274. The van der Waals surface area contributed by atoms with E-state index in [9.17, 15) is 14.7 Å². The molecule has 0 saturated carbocycles. The first-order valence-electron chi connectivity index (χ1n) is 10.6. The number of hydrogen-bond donors (Lipinski definition) is 1. The van der Waals surface area contributed by atoms with Gasteiger partial charge in [-0.25, -0.2) is 0 Å². The average Bonchev–Trinajstić information content (AvgIpc) is 3.42. The van der Waals surface area contributed by atoms with Gasteiger partial charge in [-0.1, -0.05) is 6.07 Å². The first kappa shape index (κ1) is 22.3. The van der Waals surface area contributed by atoms with E-state index in [0.29, 0.717) is 36.7 Å². The second-order valence-electron chi connectivity index (χ2n) is 7.54. The smallest absolute Gasteiger partial charge is 0.278 e. The Bertz CT molecular complexity index is 966. The summed E-state index contributed by atoms with van der Waals surface area (Å²) in [6.45, 7) is 3.87. The van der Waals surface area contributed by atoms with Crippen molar-refractivity contribution < 1.29 is 24.2 Å². The summed E-state index contributed by atoms with van der Waals surface area (Å²) in [5.41, 5.74) is 0.954. The highest BCUT2D eigenvalue weighted by Crippen LogP contribution is 2.34. The third kappa shape index (κ3) is 4.64. The molecule has 1 N–H and O–H groups in total. The normalized spacial score (nSPS) is 17.4. The molecule has 3 heterocycles. The van der Waals surface area contributed by atoms with Gasteiger partial charge in [-0.05, 0) is 35.7 Å². The van der Waals surface area contributed by atoms with Gasteiger partial charge in [-0.3, -0.25) is 19.4 Å². The molecular weight excluding hydrogens is 430 g/mol. The van der Waals surface area contributed by atoms with Gasteiger partial charge in [0.1, 0.15) is 23.8 Å². The van der Waals surface area contributed by atoms with Crippen LogP contribution in [-0.4, -0.2) is 91.2 Å². The summed E-state index contributed by atoms with van der Waals surface area (Å²) in [6.07, 6.45) is 0. The molecule has 0 aliphatic carbocycles. The topological polar surface area (TPSA) is 82.6 Å². The molecule has 2 aromatic rings. The van der Waals surface area contributed by atoms with Crippen molar-refractivity contribution in [1.82, 2.24) is 14.7 Å². The zero-order valence-electron chi connectivity index (χ0n) is 18.0. The Kier molecular flexibility index (Phi) is 7.09. The van der Waals surface area contributed by atoms with Crippen LogP contribution in [0.3, 0.4) is 0 Å². The molecule has 170 valence electrons. The van der Waals surface area contributed by atoms with Gasteiger partial charge in [0.15, 0.2) is 0 Å². The van der Waals surface area contributed by atoms with Gasteiger partial charge in [-0.15, -0.1) is 11.3 Å². The number of piperazine rings is 1. The van der Waals surface area contributed by atoms with Crippen LogP contribution in [0, 0.1) is 0 Å². The molecular formula is C23H27N3O5S. The molecule has 1 aromatic heterocycles. The van der Waals surface area contributed by atoms with Gasteiger partial charge < -0.3 is 19.5 Å². The third-order valence-corrected chi connectivity index (χ3v) is 6.55. The Morgan fingerprint density at radius 1 is 0.969 bits per heavy atom. The van der Waals surface area contributed by atoms with E-state index in [1.807, 2.05) is 22.4 Å². The summed E-state index contributed by atoms with van der Waals surface area (Å²) < 4.78 is 10.9. The number of carbonyl (C=O) groups is 2. The van der Waals surface area contributed by atoms with Crippen LogP contribution in [0.2, 0.25) is 0 Å². The maximum absolute atomic E-state index is 13.3. The second kappa shape index (κ2) is 10.2. The molecule has 0 spiro atoms. The number of rotatable bonds is 9. The lowest BCUT2D eigenvalue weighted by Gasteiger charge is -2.36. The van der Waals surface area contributed by atoms with Gasteiger partial charge in [0.25, 0.3) is 11.8 Å². The number of aliphatic hydroxyl groups excluding tert-OH is 1. The number of amides is 2. The molecule has 1 fully saturated rings. The van der Waals surface area contributed by atoms with Crippen molar-refractivity contribution in [1.29, 1.82) is 0 Å². The third-order valence-electron chi connectivity index (χ3n) is 5.66. The Morgan fingerprint density at radius 3 is 2.31 bits per heavy atom. The van der Waals surface area contributed by atoms with Crippen LogP contribution >= 0.6 is 11.3 Å². The van der Waals surface area contributed by atoms with Crippen LogP contribution in [0.5, 0.6) is 11.5 Å². The number of nitrogens with zero attached hydrogens (tertiary/aromatic N) is 3. The maximum Gasteiger partial charge on any atom is 0.278 e. The molecule has 2 amide bonds. The zero-order chi connectivity index (χ0) is 22.5. The molecule has 8 nitrogen and oxygen atoms in total. The fourth-order valence-electron chi connectivity index (χ4n) is 3.97. The van der Waals surface area contributed by atoms with Crippen LogP contribution in [0.4, 0.5) is 0 Å². The predicted molar refractivity (Wildman–Crippen MR) is 122 cm³/mol. The molecule has 0 radical (unpaired) electrons. The van der Waals surface area contributed by atoms with Crippen molar-refractivity contribution in [2.75, 3.05) is 59.6 Å². The van der Waals surface area contributed by atoms with Gasteiger partial charge in [0.2, 0.25) is 0 Å². The van der Waals surface area contributed by atoms with E-state index in [1.54, 1.807) is 31.4 Å². The number of methoxy groups -OCH3 is 1. The van der Waals surface area contributed by atoms with E-state index in [1.165, 1.54) is 16.2 Å². The first-order chi connectivity index (χ1) is 15.6. The van der Waals surface area contributed by atoms with Crippen LogP contribution in [0.25, 0.3) is 5.57 Å². The number of ether oxygens (including phenoxy) is 2. The van der Waals surface area contributed by atoms with Crippen molar-refractivity contribution in [2.24, 2.45) is 0 Å². The molecule has 4 rings (SSSR count). The number of hydrogen-bond acceptors (Lipinski definition) is 8. The predicted octanol–water partition coefficient (Wildman–Crippen LogP) is 1.53. The average molecular weight is 458 g/mol. The second-order valence-corrected chi connectivity index (χ2v) is 8.49. The van der Waals surface area contributed by atoms with Gasteiger partial charge >= 0.3 is 0 Å². The number of thiophene rings is 1. The maximum atomic E-state index is 13.3. The lowest BCUT2D eigenvalue weighted by atomic mass is 10.1. The molecule has 9 heteroatoms. The first-order valence-corrected chi connectivity index (χ1v) is 11.5. The van der Waals surface area contributed by atoms with Crippen molar-refractivity contribution >= 4 is 28.7 Å². The minimum absolute atomic E-state index is 0.114.